The van der Waals surface area contributed by atoms with E-state index in [1.54, 1.807) is 0 Å². The Balaban J connectivity index is 2.76. The third-order valence-corrected chi connectivity index (χ3v) is 4.22. The summed E-state index contributed by atoms with van der Waals surface area (Å²) >= 11 is 4.45. The molecule has 0 aromatic carbocycles. The van der Waals surface area contributed by atoms with E-state index in [0.717, 1.165) is 31.4 Å². The summed E-state index contributed by atoms with van der Waals surface area (Å²) in [4.78, 5) is 24.8. The Morgan fingerprint density at radius 1 is 1.12 bits per heavy atom. The fraction of sp³-hybridized carbons (Fsp3) is 0.846. The van der Waals surface area contributed by atoms with Crippen LogP contribution in [0.5, 0.6) is 0 Å². The van der Waals surface area contributed by atoms with Crippen molar-refractivity contribution in [3.05, 3.63) is 0 Å². The smallest absolute Gasteiger partial charge is 0.229 e. The lowest BCUT2D eigenvalue weighted by Crippen LogP contribution is -2.42. The van der Waals surface area contributed by atoms with E-state index in [0.29, 0.717) is 19.4 Å². The summed E-state index contributed by atoms with van der Waals surface area (Å²) in [5.41, 5.74) is 0.0161. The fourth-order valence-corrected chi connectivity index (χ4v) is 3.10. The molecule has 0 unspecified atom stereocenters. The van der Waals surface area contributed by atoms with Crippen LogP contribution in [-0.2, 0) is 9.59 Å². The molecular formula is C13H23NO2S. The van der Waals surface area contributed by atoms with E-state index in [9.17, 15) is 9.59 Å². The molecule has 3 nitrogen and oxygen atoms in total. The first-order chi connectivity index (χ1) is 8.08. The van der Waals surface area contributed by atoms with E-state index in [4.69, 9.17) is 0 Å². The quantitative estimate of drug-likeness (QED) is 0.562. The Kier molecular flexibility index (Phi) is 5.50. The Morgan fingerprint density at radius 3 is 1.94 bits per heavy atom. The zero-order chi connectivity index (χ0) is 12.9. The molecule has 1 fully saturated rings. The maximum Gasteiger partial charge on any atom is 0.229 e. The molecule has 0 N–H and O–H groups in total. The van der Waals surface area contributed by atoms with Gasteiger partial charge >= 0.3 is 0 Å². The van der Waals surface area contributed by atoms with Crippen molar-refractivity contribution in [2.45, 2.75) is 52.4 Å². The van der Waals surface area contributed by atoms with Gasteiger partial charge in [-0.1, -0.05) is 26.7 Å². The summed E-state index contributed by atoms with van der Waals surface area (Å²) < 4.78 is 0. The average molecular weight is 257 g/mol. The van der Waals surface area contributed by atoms with Crippen molar-refractivity contribution in [2.24, 2.45) is 5.41 Å². The Morgan fingerprint density at radius 2 is 1.59 bits per heavy atom. The van der Waals surface area contributed by atoms with E-state index < -0.39 is 0 Å². The zero-order valence-corrected chi connectivity index (χ0v) is 11.8. The summed E-state index contributed by atoms with van der Waals surface area (Å²) in [6.45, 7) is 4.85. The molecule has 1 saturated heterocycles. The van der Waals surface area contributed by atoms with Crippen molar-refractivity contribution in [3.8, 4) is 0 Å². The van der Waals surface area contributed by atoms with E-state index in [2.05, 4.69) is 26.5 Å². The summed E-state index contributed by atoms with van der Waals surface area (Å²) in [5, 5.41) is 0. The van der Waals surface area contributed by atoms with Crippen molar-refractivity contribution in [3.63, 3.8) is 0 Å². The Hall–Kier alpha value is -0.510. The number of imide groups is 1. The highest BCUT2D eigenvalue weighted by Gasteiger charge is 2.36. The van der Waals surface area contributed by atoms with Gasteiger partial charge in [0.05, 0.1) is 0 Å². The topological polar surface area (TPSA) is 37.4 Å². The second-order valence-corrected chi connectivity index (χ2v) is 5.35. The number of hydrogen-bond acceptors (Lipinski definition) is 3. The van der Waals surface area contributed by atoms with Crippen LogP contribution in [0.2, 0.25) is 0 Å². The lowest BCUT2D eigenvalue weighted by atomic mass is 9.80. The van der Waals surface area contributed by atoms with Crippen LogP contribution in [0.3, 0.4) is 0 Å². The SMILES string of the molecule is CCCC(CS)(CCC)CN1C(=O)CCC1=O. The Labute approximate surface area is 109 Å². The molecule has 0 spiro atoms. The minimum atomic E-state index is -0.00614. The average Bonchev–Trinajstić information content (AvgIpc) is 2.61. The predicted molar refractivity (Wildman–Crippen MR) is 72.1 cm³/mol. The second-order valence-electron chi connectivity index (χ2n) is 5.03. The lowest BCUT2D eigenvalue weighted by Gasteiger charge is -2.35. The molecule has 1 aliphatic rings. The van der Waals surface area contributed by atoms with Gasteiger partial charge in [-0.2, -0.15) is 12.6 Å². The summed E-state index contributed by atoms with van der Waals surface area (Å²) in [6.07, 6.45) is 4.97. The summed E-state index contributed by atoms with van der Waals surface area (Å²) in [7, 11) is 0. The minimum absolute atomic E-state index is 0.00614. The molecule has 1 heterocycles. The van der Waals surface area contributed by atoms with Crippen molar-refractivity contribution in [1.82, 2.24) is 4.90 Å². The normalized spacial score (nSPS) is 17.0. The van der Waals surface area contributed by atoms with Crippen molar-refractivity contribution in [1.29, 1.82) is 0 Å². The fourth-order valence-electron chi connectivity index (χ4n) is 2.69. The largest absolute Gasteiger partial charge is 0.282 e. The van der Waals surface area contributed by atoms with Crippen LogP contribution in [0.15, 0.2) is 0 Å². The third kappa shape index (κ3) is 3.47. The molecule has 0 aromatic rings. The molecule has 0 aromatic heterocycles. The molecule has 0 radical (unpaired) electrons. The van der Waals surface area contributed by atoms with Gasteiger partial charge in [-0.3, -0.25) is 14.5 Å². The molecule has 0 bridgehead atoms. The maximum atomic E-state index is 11.7. The summed E-state index contributed by atoms with van der Waals surface area (Å²) in [6, 6.07) is 0. The number of rotatable bonds is 7. The van der Waals surface area contributed by atoms with Gasteiger partial charge in [0.25, 0.3) is 0 Å². The second kappa shape index (κ2) is 6.43. The molecule has 2 amide bonds. The third-order valence-electron chi connectivity index (χ3n) is 3.54. The van der Waals surface area contributed by atoms with Crippen LogP contribution in [0.25, 0.3) is 0 Å². The van der Waals surface area contributed by atoms with Gasteiger partial charge in [0.15, 0.2) is 0 Å². The first-order valence-corrected chi connectivity index (χ1v) is 7.16. The number of hydrogen-bond donors (Lipinski definition) is 1. The first-order valence-electron chi connectivity index (χ1n) is 6.52. The highest BCUT2D eigenvalue weighted by atomic mass is 32.1. The minimum Gasteiger partial charge on any atom is -0.282 e. The molecule has 0 atom stereocenters. The standard InChI is InChI=1S/C13H23NO2S/c1-3-7-13(10-17,8-4-2)9-14-11(15)5-6-12(14)16/h17H,3-10H2,1-2H3. The number of amides is 2. The zero-order valence-electron chi connectivity index (χ0n) is 10.9. The monoisotopic (exact) mass is 257 g/mol. The van der Waals surface area contributed by atoms with E-state index >= 15 is 0 Å². The molecular weight excluding hydrogens is 234 g/mol. The maximum absolute atomic E-state index is 11.7. The van der Waals surface area contributed by atoms with Crippen LogP contribution in [0.4, 0.5) is 0 Å². The van der Waals surface area contributed by atoms with Gasteiger partial charge in [0.2, 0.25) is 11.8 Å². The number of carbonyl (C=O) groups excluding carboxylic acids is 2. The number of carbonyl (C=O) groups is 2. The predicted octanol–water partition coefficient (Wildman–Crippen LogP) is 2.65. The van der Waals surface area contributed by atoms with Gasteiger partial charge in [0, 0.05) is 19.4 Å². The molecule has 0 aliphatic carbocycles. The highest BCUT2D eigenvalue weighted by molar-refractivity contribution is 7.80. The van der Waals surface area contributed by atoms with E-state index in [1.807, 2.05) is 0 Å². The number of likely N-dealkylation sites (tertiary alicyclic amines) is 1. The van der Waals surface area contributed by atoms with Crippen LogP contribution < -0.4 is 0 Å². The van der Waals surface area contributed by atoms with Gasteiger partial charge < -0.3 is 0 Å². The number of thiol groups is 1. The van der Waals surface area contributed by atoms with Crippen LogP contribution in [-0.4, -0.2) is 29.0 Å². The van der Waals surface area contributed by atoms with E-state index in [1.165, 1.54) is 4.90 Å². The molecule has 4 heteroatoms. The molecule has 17 heavy (non-hydrogen) atoms. The molecule has 98 valence electrons. The highest BCUT2D eigenvalue weighted by Crippen LogP contribution is 2.33. The summed E-state index contributed by atoms with van der Waals surface area (Å²) in [5.74, 6) is 0.730. The van der Waals surface area contributed by atoms with Crippen LogP contribution >= 0.6 is 12.6 Å². The van der Waals surface area contributed by atoms with Gasteiger partial charge in [-0.05, 0) is 24.0 Å². The number of nitrogens with zero attached hydrogens (tertiary/aromatic N) is 1. The lowest BCUT2D eigenvalue weighted by molar-refractivity contribution is -0.140. The van der Waals surface area contributed by atoms with Gasteiger partial charge in [-0.15, -0.1) is 0 Å². The first kappa shape index (κ1) is 14.6. The van der Waals surface area contributed by atoms with Crippen molar-refractivity contribution < 1.29 is 9.59 Å². The van der Waals surface area contributed by atoms with Crippen LogP contribution in [0, 0.1) is 5.41 Å². The molecule has 1 aliphatic heterocycles. The van der Waals surface area contributed by atoms with E-state index in [-0.39, 0.29) is 17.2 Å². The van der Waals surface area contributed by atoms with Crippen molar-refractivity contribution in [2.75, 3.05) is 12.3 Å². The van der Waals surface area contributed by atoms with Gasteiger partial charge in [0.1, 0.15) is 0 Å². The van der Waals surface area contributed by atoms with Gasteiger partial charge in [-0.25, -0.2) is 0 Å². The molecule has 0 saturated carbocycles. The molecule has 1 rings (SSSR count). The Bertz CT molecular complexity index is 269. The van der Waals surface area contributed by atoms with Crippen molar-refractivity contribution >= 4 is 24.4 Å². The van der Waals surface area contributed by atoms with Crippen LogP contribution in [0.1, 0.15) is 52.4 Å².